The van der Waals surface area contributed by atoms with Crippen LogP contribution in [0.1, 0.15) is 13.8 Å². The molecule has 1 saturated heterocycles. The summed E-state index contributed by atoms with van der Waals surface area (Å²) >= 11 is 0. The first-order valence-electron chi connectivity index (χ1n) is 8.69. The number of hydrogen-bond acceptors (Lipinski definition) is 5. The molecule has 0 radical (unpaired) electrons. The van der Waals surface area contributed by atoms with Crippen LogP contribution in [0.2, 0.25) is 0 Å². The highest BCUT2D eigenvalue weighted by Crippen LogP contribution is 2.00. The van der Waals surface area contributed by atoms with E-state index in [9.17, 15) is 0 Å². The lowest BCUT2D eigenvalue weighted by molar-refractivity contribution is 0.131. The molecule has 1 fully saturated rings. The summed E-state index contributed by atoms with van der Waals surface area (Å²) in [6.07, 6.45) is 0. The van der Waals surface area contributed by atoms with Crippen molar-refractivity contribution in [2.45, 2.75) is 13.8 Å². The molecule has 21 heavy (non-hydrogen) atoms. The first-order valence-corrected chi connectivity index (χ1v) is 8.69. The van der Waals surface area contributed by atoms with Crippen LogP contribution in [-0.2, 0) is 0 Å². The summed E-state index contributed by atoms with van der Waals surface area (Å²) in [5, 5.41) is 3.24. The normalized spacial score (nSPS) is 18.0. The molecule has 1 aliphatic rings. The number of nitrogens with one attached hydrogen (secondary N) is 1. The molecule has 5 heteroatoms. The zero-order valence-electron chi connectivity index (χ0n) is 14.8. The van der Waals surface area contributed by atoms with Gasteiger partial charge in [-0.2, -0.15) is 0 Å². The Labute approximate surface area is 132 Å². The van der Waals surface area contributed by atoms with Gasteiger partial charge in [-0.15, -0.1) is 0 Å². The van der Waals surface area contributed by atoms with Crippen LogP contribution in [-0.4, -0.2) is 112 Å². The van der Waals surface area contributed by atoms with Gasteiger partial charge < -0.3 is 20.0 Å². The summed E-state index contributed by atoms with van der Waals surface area (Å²) in [7, 11) is 4.25. The molecule has 5 nitrogen and oxygen atoms in total. The van der Waals surface area contributed by atoms with Crippen LogP contribution >= 0.6 is 0 Å². The zero-order valence-corrected chi connectivity index (χ0v) is 14.8. The van der Waals surface area contributed by atoms with Gasteiger partial charge in [0.05, 0.1) is 0 Å². The third-order valence-electron chi connectivity index (χ3n) is 4.63. The van der Waals surface area contributed by atoms with E-state index in [1.807, 2.05) is 7.05 Å². The van der Waals surface area contributed by atoms with E-state index in [2.05, 4.69) is 45.8 Å². The number of rotatable bonds is 11. The van der Waals surface area contributed by atoms with E-state index < -0.39 is 0 Å². The van der Waals surface area contributed by atoms with Crippen LogP contribution in [0, 0.1) is 0 Å². The van der Waals surface area contributed by atoms with Crippen molar-refractivity contribution < 1.29 is 0 Å². The van der Waals surface area contributed by atoms with Gasteiger partial charge in [0.1, 0.15) is 0 Å². The molecular weight excluding hydrogens is 262 g/mol. The van der Waals surface area contributed by atoms with Crippen LogP contribution in [0.4, 0.5) is 0 Å². The third-order valence-corrected chi connectivity index (χ3v) is 4.63. The van der Waals surface area contributed by atoms with Crippen LogP contribution in [0.3, 0.4) is 0 Å². The first-order chi connectivity index (χ1) is 10.2. The summed E-state index contributed by atoms with van der Waals surface area (Å²) in [5.74, 6) is 0. The van der Waals surface area contributed by atoms with Gasteiger partial charge in [-0.25, -0.2) is 0 Å². The number of hydrogen-bond donors (Lipinski definition) is 1. The Balaban J connectivity index is 2.18. The van der Waals surface area contributed by atoms with E-state index in [4.69, 9.17) is 0 Å². The van der Waals surface area contributed by atoms with Crippen LogP contribution in [0.5, 0.6) is 0 Å². The lowest BCUT2D eigenvalue weighted by atomic mass is 10.3. The van der Waals surface area contributed by atoms with Gasteiger partial charge in [-0.1, -0.05) is 13.8 Å². The SMILES string of the molecule is CCN(CCNC)CCN(CC)CCN1CCN(C)CC1. The molecule has 0 aromatic carbocycles. The fraction of sp³-hybridized carbons (Fsp3) is 1.00. The van der Waals surface area contributed by atoms with Crippen LogP contribution < -0.4 is 5.32 Å². The maximum atomic E-state index is 3.24. The quantitative estimate of drug-likeness (QED) is 0.583. The van der Waals surface area contributed by atoms with E-state index in [0.29, 0.717) is 0 Å². The molecular formula is C16H37N5. The zero-order chi connectivity index (χ0) is 15.5. The van der Waals surface area contributed by atoms with Crippen molar-refractivity contribution in [1.29, 1.82) is 0 Å². The maximum Gasteiger partial charge on any atom is 0.0110 e. The Kier molecular flexibility index (Phi) is 10.2. The minimum Gasteiger partial charge on any atom is -0.318 e. The summed E-state index contributed by atoms with van der Waals surface area (Å²) in [5.41, 5.74) is 0. The van der Waals surface area contributed by atoms with Gasteiger partial charge in [-0.3, -0.25) is 4.90 Å². The molecule has 1 aliphatic heterocycles. The fourth-order valence-electron chi connectivity index (χ4n) is 2.76. The molecule has 0 bridgehead atoms. The lowest BCUT2D eigenvalue weighted by Crippen LogP contribution is -2.47. The second-order valence-electron chi connectivity index (χ2n) is 6.12. The lowest BCUT2D eigenvalue weighted by Gasteiger charge is -2.34. The summed E-state index contributed by atoms with van der Waals surface area (Å²) < 4.78 is 0. The minimum absolute atomic E-state index is 1.08. The van der Waals surface area contributed by atoms with Crippen molar-refractivity contribution in [3.05, 3.63) is 0 Å². The topological polar surface area (TPSA) is 25.0 Å². The molecule has 0 amide bonds. The molecule has 0 aliphatic carbocycles. The van der Waals surface area contributed by atoms with Crippen molar-refractivity contribution in [2.24, 2.45) is 0 Å². The second-order valence-corrected chi connectivity index (χ2v) is 6.12. The van der Waals surface area contributed by atoms with E-state index in [0.717, 1.165) is 26.2 Å². The van der Waals surface area contributed by atoms with Crippen molar-refractivity contribution in [2.75, 3.05) is 92.6 Å². The highest BCUT2D eigenvalue weighted by Gasteiger charge is 2.14. The van der Waals surface area contributed by atoms with E-state index in [-0.39, 0.29) is 0 Å². The van der Waals surface area contributed by atoms with Crippen LogP contribution in [0.25, 0.3) is 0 Å². The summed E-state index contributed by atoms with van der Waals surface area (Å²) in [6.45, 7) is 18.8. The van der Waals surface area contributed by atoms with Gasteiger partial charge in [0, 0.05) is 65.4 Å². The Morgan fingerprint density at radius 2 is 1.43 bits per heavy atom. The molecule has 1 rings (SSSR count). The molecule has 0 aromatic heterocycles. The summed E-state index contributed by atoms with van der Waals surface area (Å²) in [6, 6.07) is 0. The smallest absolute Gasteiger partial charge is 0.0110 e. The number of likely N-dealkylation sites (N-methyl/N-ethyl adjacent to an activating group) is 4. The molecule has 0 saturated carbocycles. The van der Waals surface area contributed by atoms with Crippen molar-refractivity contribution in [3.63, 3.8) is 0 Å². The van der Waals surface area contributed by atoms with Gasteiger partial charge in [0.25, 0.3) is 0 Å². The highest BCUT2D eigenvalue weighted by molar-refractivity contribution is 4.71. The van der Waals surface area contributed by atoms with Crippen LogP contribution in [0.15, 0.2) is 0 Å². The predicted octanol–water partition coefficient (Wildman–Crippen LogP) is 0.0970. The molecule has 0 aromatic rings. The highest BCUT2D eigenvalue weighted by atomic mass is 15.3. The molecule has 0 spiro atoms. The fourth-order valence-corrected chi connectivity index (χ4v) is 2.76. The van der Waals surface area contributed by atoms with Gasteiger partial charge in [0.2, 0.25) is 0 Å². The third kappa shape index (κ3) is 8.12. The molecule has 0 atom stereocenters. The average molecular weight is 300 g/mol. The van der Waals surface area contributed by atoms with Gasteiger partial charge >= 0.3 is 0 Å². The molecule has 1 N–H and O–H groups in total. The Bertz CT molecular complexity index is 232. The maximum absolute atomic E-state index is 3.24. The Morgan fingerprint density at radius 3 is 1.95 bits per heavy atom. The van der Waals surface area contributed by atoms with E-state index in [1.54, 1.807) is 0 Å². The number of nitrogens with zero attached hydrogens (tertiary/aromatic N) is 4. The Morgan fingerprint density at radius 1 is 0.857 bits per heavy atom. The van der Waals surface area contributed by atoms with Crippen molar-refractivity contribution >= 4 is 0 Å². The standard InChI is InChI=1S/C16H37N5/c1-5-19(8-7-17-3)13-14-20(6-2)15-16-21-11-9-18(4)10-12-21/h17H,5-16H2,1-4H3. The minimum atomic E-state index is 1.08. The molecule has 0 unspecified atom stereocenters. The second kappa shape index (κ2) is 11.4. The van der Waals surface area contributed by atoms with E-state index in [1.165, 1.54) is 52.4 Å². The molecule has 1 heterocycles. The van der Waals surface area contributed by atoms with Gasteiger partial charge in [-0.05, 0) is 27.2 Å². The molecule has 126 valence electrons. The largest absolute Gasteiger partial charge is 0.318 e. The van der Waals surface area contributed by atoms with Crippen molar-refractivity contribution in [3.8, 4) is 0 Å². The predicted molar refractivity (Wildman–Crippen MR) is 92.1 cm³/mol. The average Bonchev–Trinajstić information content (AvgIpc) is 2.52. The van der Waals surface area contributed by atoms with Gasteiger partial charge in [0.15, 0.2) is 0 Å². The van der Waals surface area contributed by atoms with Crippen molar-refractivity contribution in [1.82, 2.24) is 24.9 Å². The van der Waals surface area contributed by atoms with E-state index >= 15 is 0 Å². The number of piperazine rings is 1. The summed E-state index contributed by atoms with van der Waals surface area (Å²) in [4.78, 5) is 10.2. The Hall–Kier alpha value is -0.200. The first kappa shape index (κ1) is 18.8. The monoisotopic (exact) mass is 299 g/mol.